The Kier molecular flexibility index (Phi) is 5.73. The van der Waals surface area contributed by atoms with Crippen molar-refractivity contribution in [2.75, 3.05) is 42.8 Å². The van der Waals surface area contributed by atoms with Crippen LogP contribution in [0.1, 0.15) is 19.3 Å². The third-order valence-electron chi connectivity index (χ3n) is 4.18. The number of ether oxygens (including phenoxy) is 2. The molecule has 8 nitrogen and oxygen atoms in total. The minimum absolute atomic E-state index is 0.383. The predicted octanol–water partition coefficient (Wildman–Crippen LogP) is 3.13. The molecule has 0 spiro atoms. The largest absolute Gasteiger partial charge is 0.493 e. The van der Waals surface area contributed by atoms with Gasteiger partial charge in [0, 0.05) is 24.8 Å². The van der Waals surface area contributed by atoms with E-state index in [1.165, 1.54) is 6.42 Å². The first kappa shape index (κ1) is 17.8. The number of amides is 2. The van der Waals surface area contributed by atoms with E-state index >= 15 is 0 Å². The molecule has 0 aliphatic carbocycles. The highest BCUT2D eigenvalue weighted by Crippen LogP contribution is 2.29. The highest BCUT2D eigenvalue weighted by molar-refractivity contribution is 5.99. The fraction of sp³-hybridized carbons (Fsp3) is 0.389. The van der Waals surface area contributed by atoms with Gasteiger partial charge in [-0.2, -0.15) is 0 Å². The minimum atomic E-state index is -0.383. The molecular formula is C18H23N5O3. The van der Waals surface area contributed by atoms with E-state index in [0.29, 0.717) is 28.8 Å². The van der Waals surface area contributed by atoms with Gasteiger partial charge in [0.2, 0.25) is 5.95 Å². The number of nitrogens with one attached hydrogen (secondary N) is 2. The summed E-state index contributed by atoms with van der Waals surface area (Å²) in [5.41, 5.74) is 1.12. The van der Waals surface area contributed by atoms with Crippen molar-refractivity contribution in [3.05, 3.63) is 30.6 Å². The first-order valence-electron chi connectivity index (χ1n) is 8.56. The van der Waals surface area contributed by atoms with Crippen molar-refractivity contribution < 1.29 is 14.3 Å². The second-order valence-electron chi connectivity index (χ2n) is 5.97. The van der Waals surface area contributed by atoms with Gasteiger partial charge in [0.25, 0.3) is 0 Å². The fourth-order valence-electron chi connectivity index (χ4n) is 2.85. The van der Waals surface area contributed by atoms with Crippen LogP contribution in [0.3, 0.4) is 0 Å². The van der Waals surface area contributed by atoms with Crippen molar-refractivity contribution in [1.29, 1.82) is 0 Å². The first-order valence-corrected chi connectivity index (χ1v) is 8.56. The second-order valence-corrected chi connectivity index (χ2v) is 5.97. The van der Waals surface area contributed by atoms with Gasteiger partial charge in [-0.25, -0.2) is 14.8 Å². The molecule has 0 saturated carbocycles. The number of piperidine rings is 1. The number of methoxy groups -OCH3 is 2. The zero-order valence-electron chi connectivity index (χ0n) is 15.0. The number of hydrogen-bond donors (Lipinski definition) is 2. The van der Waals surface area contributed by atoms with Crippen LogP contribution in [0.4, 0.5) is 22.1 Å². The number of urea groups is 1. The number of benzene rings is 1. The summed E-state index contributed by atoms with van der Waals surface area (Å²) in [5, 5.41) is 5.46. The molecule has 0 radical (unpaired) electrons. The van der Waals surface area contributed by atoms with Gasteiger partial charge in [0.15, 0.2) is 11.5 Å². The summed E-state index contributed by atoms with van der Waals surface area (Å²) in [5.74, 6) is 1.84. The van der Waals surface area contributed by atoms with Crippen molar-refractivity contribution >= 4 is 23.4 Å². The van der Waals surface area contributed by atoms with E-state index in [1.54, 1.807) is 44.8 Å². The van der Waals surface area contributed by atoms with Gasteiger partial charge < -0.3 is 25.0 Å². The lowest BCUT2D eigenvalue weighted by Gasteiger charge is -2.26. The predicted molar refractivity (Wildman–Crippen MR) is 100 cm³/mol. The molecule has 1 aliphatic rings. The number of rotatable bonds is 5. The zero-order chi connectivity index (χ0) is 18.4. The van der Waals surface area contributed by atoms with Gasteiger partial charge in [-0.15, -0.1) is 0 Å². The SMILES string of the molecule is COc1ccc(NC(=O)Nc2cnc(N3CCCCC3)nc2)cc1OC. The summed E-state index contributed by atoms with van der Waals surface area (Å²) >= 11 is 0. The molecule has 2 amide bonds. The Hall–Kier alpha value is -3.03. The average Bonchev–Trinajstić information content (AvgIpc) is 2.69. The molecule has 2 heterocycles. The van der Waals surface area contributed by atoms with E-state index in [4.69, 9.17) is 9.47 Å². The van der Waals surface area contributed by atoms with Crippen molar-refractivity contribution in [2.45, 2.75) is 19.3 Å². The number of anilines is 3. The van der Waals surface area contributed by atoms with E-state index in [2.05, 4.69) is 25.5 Å². The Labute approximate surface area is 152 Å². The Morgan fingerprint density at radius 1 is 0.962 bits per heavy atom. The van der Waals surface area contributed by atoms with Crippen LogP contribution in [-0.4, -0.2) is 43.3 Å². The van der Waals surface area contributed by atoms with Gasteiger partial charge in [-0.05, 0) is 31.4 Å². The molecule has 0 atom stereocenters. The Morgan fingerprint density at radius 3 is 2.27 bits per heavy atom. The van der Waals surface area contributed by atoms with Crippen molar-refractivity contribution in [3.8, 4) is 11.5 Å². The van der Waals surface area contributed by atoms with Crippen molar-refractivity contribution in [1.82, 2.24) is 9.97 Å². The van der Waals surface area contributed by atoms with E-state index < -0.39 is 0 Å². The molecule has 1 saturated heterocycles. The minimum Gasteiger partial charge on any atom is -0.493 e. The van der Waals surface area contributed by atoms with E-state index in [9.17, 15) is 4.79 Å². The van der Waals surface area contributed by atoms with Crippen molar-refractivity contribution in [3.63, 3.8) is 0 Å². The number of aromatic nitrogens is 2. The number of carbonyl (C=O) groups is 1. The van der Waals surface area contributed by atoms with E-state index in [-0.39, 0.29) is 6.03 Å². The molecule has 1 aliphatic heterocycles. The number of carbonyl (C=O) groups excluding carboxylic acids is 1. The molecule has 138 valence electrons. The Balaban J connectivity index is 1.59. The summed E-state index contributed by atoms with van der Waals surface area (Å²) in [6, 6.07) is 4.77. The summed E-state index contributed by atoms with van der Waals surface area (Å²) in [6.07, 6.45) is 6.82. The number of nitrogens with zero attached hydrogens (tertiary/aromatic N) is 3. The lowest BCUT2D eigenvalue weighted by Crippen LogP contribution is -2.31. The maximum absolute atomic E-state index is 12.2. The van der Waals surface area contributed by atoms with Crippen LogP contribution >= 0.6 is 0 Å². The lowest BCUT2D eigenvalue weighted by molar-refractivity contribution is 0.262. The van der Waals surface area contributed by atoms with Gasteiger partial charge in [0.05, 0.1) is 32.3 Å². The highest BCUT2D eigenvalue weighted by atomic mass is 16.5. The summed E-state index contributed by atoms with van der Waals surface area (Å²) in [4.78, 5) is 23.0. The Bertz CT molecular complexity index is 745. The summed E-state index contributed by atoms with van der Waals surface area (Å²) in [6.45, 7) is 1.96. The van der Waals surface area contributed by atoms with Crippen LogP contribution in [0.2, 0.25) is 0 Å². The summed E-state index contributed by atoms with van der Waals surface area (Å²) < 4.78 is 10.4. The fourth-order valence-corrected chi connectivity index (χ4v) is 2.85. The third-order valence-corrected chi connectivity index (χ3v) is 4.18. The van der Waals surface area contributed by atoms with Crippen molar-refractivity contribution in [2.24, 2.45) is 0 Å². The van der Waals surface area contributed by atoms with Gasteiger partial charge in [0.1, 0.15) is 0 Å². The van der Waals surface area contributed by atoms with Crippen LogP contribution < -0.4 is 25.0 Å². The second kappa shape index (κ2) is 8.37. The normalized spacial score (nSPS) is 13.8. The smallest absolute Gasteiger partial charge is 0.323 e. The van der Waals surface area contributed by atoms with Gasteiger partial charge in [-0.1, -0.05) is 0 Å². The lowest BCUT2D eigenvalue weighted by atomic mass is 10.1. The quantitative estimate of drug-likeness (QED) is 0.855. The summed E-state index contributed by atoms with van der Waals surface area (Å²) in [7, 11) is 3.11. The van der Waals surface area contributed by atoms with Crippen LogP contribution in [0, 0.1) is 0 Å². The highest BCUT2D eigenvalue weighted by Gasteiger charge is 2.13. The van der Waals surface area contributed by atoms with Crippen LogP contribution in [0.15, 0.2) is 30.6 Å². The van der Waals surface area contributed by atoms with Gasteiger partial charge in [-0.3, -0.25) is 0 Å². The maximum Gasteiger partial charge on any atom is 0.323 e. The van der Waals surface area contributed by atoms with Crippen LogP contribution in [-0.2, 0) is 0 Å². The van der Waals surface area contributed by atoms with Crippen LogP contribution in [0.25, 0.3) is 0 Å². The topological polar surface area (TPSA) is 88.6 Å². The molecule has 2 aromatic rings. The molecule has 1 aromatic carbocycles. The molecule has 2 N–H and O–H groups in total. The maximum atomic E-state index is 12.2. The third kappa shape index (κ3) is 4.33. The van der Waals surface area contributed by atoms with E-state index in [1.807, 2.05) is 0 Å². The molecule has 3 rings (SSSR count). The zero-order valence-corrected chi connectivity index (χ0v) is 15.0. The molecule has 0 bridgehead atoms. The Morgan fingerprint density at radius 2 is 1.62 bits per heavy atom. The standard InChI is InChI=1S/C18H23N5O3/c1-25-15-7-6-13(10-16(15)26-2)21-18(24)22-14-11-19-17(20-12-14)23-8-4-3-5-9-23/h6-7,10-12H,3-5,8-9H2,1-2H3,(H2,21,22,24). The molecule has 0 unspecified atom stereocenters. The van der Waals surface area contributed by atoms with E-state index in [0.717, 1.165) is 25.9 Å². The number of hydrogen-bond acceptors (Lipinski definition) is 6. The molecule has 1 aromatic heterocycles. The van der Waals surface area contributed by atoms with Crippen LogP contribution in [0.5, 0.6) is 11.5 Å². The molecule has 1 fully saturated rings. The average molecular weight is 357 g/mol. The first-order chi connectivity index (χ1) is 12.7. The van der Waals surface area contributed by atoms with Gasteiger partial charge >= 0.3 is 6.03 Å². The molecular weight excluding hydrogens is 334 g/mol. The monoisotopic (exact) mass is 357 g/mol. The molecule has 8 heteroatoms. The molecule has 26 heavy (non-hydrogen) atoms.